The second kappa shape index (κ2) is 14.5. The van der Waals surface area contributed by atoms with Crippen LogP contribution in [0.1, 0.15) is 17.5 Å². The van der Waals surface area contributed by atoms with Gasteiger partial charge in [0.15, 0.2) is 16.6 Å². The first kappa shape index (κ1) is 33.3. The fourth-order valence-corrected chi connectivity index (χ4v) is 6.37. The molecule has 1 fully saturated rings. The molecule has 1 N–H and O–H groups in total. The molecule has 0 aromatic heterocycles. The first-order valence-electron chi connectivity index (χ1n) is 14.6. The van der Waals surface area contributed by atoms with E-state index in [4.69, 9.17) is 23.1 Å². The molecule has 0 bridgehead atoms. The summed E-state index contributed by atoms with van der Waals surface area (Å²) in [6.45, 7) is 12.6. The minimum atomic E-state index is -1.97. The van der Waals surface area contributed by atoms with E-state index in [1.54, 1.807) is 0 Å². The molecule has 14 heteroatoms. The van der Waals surface area contributed by atoms with Gasteiger partial charge in [-0.05, 0) is 50.4 Å². The van der Waals surface area contributed by atoms with Gasteiger partial charge in [-0.25, -0.2) is 19.3 Å². The molecule has 44 heavy (non-hydrogen) atoms. The maximum atomic E-state index is 13.4. The van der Waals surface area contributed by atoms with Crippen molar-refractivity contribution in [2.45, 2.75) is 77.4 Å². The Balaban J connectivity index is 1.51. The Morgan fingerprint density at radius 2 is 1.50 bits per heavy atom. The van der Waals surface area contributed by atoms with Crippen LogP contribution in [-0.2, 0) is 36.3 Å². The largest absolute Gasteiger partial charge is 0.444 e. The van der Waals surface area contributed by atoms with Crippen LogP contribution in [0.15, 0.2) is 65.7 Å². The average molecular weight is 643 g/mol. The van der Waals surface area contributed by atoms with Crippen LogP contribution in [-0.4, -0.2) is 82.3 Å². The third-order valence-electron chi connectivity index (χ3n) is 6.56. The molecule has 2 aliphatic heterocycles. The third-order valence-corrected chi connectivity index (χ3v) is 8.61. The lowest BCUT2D eigenvalue weighted by Gasteiger charge is -2.36. The highest BCUT2D eigenvalue weighted by molar-refractivity contribution is 6.70. The number of ether oxygens (including phenoxy) is 3. The van der Waals surface area contributed by atoms with E-state index in [9.17, 15) is 14.4 Å². The van der Waals surface area contributed by atoms with Crippen molar-refractivity contribution < 1.29 is 37.4 Å². The Kier molecular flexibility index (Phi) is 11.0. The fraction of sp³-hybridized carbons (Fsp3) is 0.467. The monoisotopic (exact) mass is 642 g/mol. The van der Waals surface area contributed by atoms with E-state index in [1.807, 2.05) is 60.7 Å². The molecule has 3 atom stereocenters. The smallest absolute Gasteiger partial charge is 0.418 e. The van der Waals surface area contributed by atoms with Gasteiger partial charge in [0.2, 0.25) is 5.96 Å². The number of amides is 4. The van der Waals surface area contributed by atoms with Gasteiger partial charge in [0.25, 0.3) is 0 Å². The van der Waals surface area contributed by atoms with E-state index in [-0.39, 0.29) is 31.9 Å². The normalized spacial score (nSPS) is 20.7. The first-order valence-corrected chi connectivity index (χ1v) is 21.4. The molecular weight excluding hydrogens is 601 g/mol. The third kappa shape index (κ3) is 9.99. The lowest BCUT2D eigenvalue weighted by Crippen LogP contribution is -2.58. The number of alkyl carbamates (subject to hydrolysis) is 1. The summed E-state index contributed by atoms with van der Waals surface area (Å²) >= 11 is 0. The number of benzene rings is 2. The van der Waals surface area contributed by atoms with Crippen molar-refractivity contribution >= 4 is 40.8 Å². The molecule has 0 saturated carbocycles. The van der Waals surface area contributed by atoms with Gasteiger partial charge in [0.1, 0.15) is 32.2 Å². The van der Waals surface area contributed by atoms with Gasteiger partial charge >= 0.3 is 18.2 Å². The topological polar surface area (TPSA) is 128 Å². The molecule has 2 heterocycles. The van der Waals surface area contributed by atoms with Crippen molar-refractivity contribution in [3.63, 3.8) is 0 Å². The van der Waals surface area contributed by atoms with Crippen LogP contribution >= 0.6 is 0 Å². The number of rotatable bonds is 10. The lowest BCUT2D eigenvalue weighted by atomic mass is 10.2. The number of nitrogens with zero attached hydrogens (tertiary/aromatic N) is 3. The summed E-state index contributed by atoms with van der Waals surface area (Å²) in [7, 11) is -3.83. The number of guanidine groups is 1. The summed E-state index contributed by atoms with van der Waals surface area (Å²) in [5.41, 5.74) is 1.55. The second-order valence-corrected chi connectivity index (χ2v) is 21.5. The van der Waals surface area contributed by atoms with Gasteiger partial charge in [-0.1, -0.05) is 60.7 Å². The standard InChI is InChI=1S/C30H42N4O8Si2/c1-43(2,3)40-20-25-24(42-44(4,5)6)17-26(41-25)33-21-34(30(37)39-19-23-15-11-8-12-16-23)27(31-28(33)35)32-29(36)38-18-22-13-9-7-10-14-22/h7-16,24-26H,17-21H2,1-6H3,(H,31,32,35,36). The van der Waals surface area contributed by atoms with Crippen LogP contribution in [0.2, 0.25) is 39.3 Å². The fourth-order valence-electron chi connectivity index (χ4n) is 4.55. The van der Waals surface area contributed by atoms with Gasteiger partial charge in [-0.3, -0.25) is 10.2 Å². The average Bonchev–Trinajstić information content (AvgIpc) is 3.35. The summed E-state index contributed by atoms with van der Waals surface area (Å²) in [5, 5.41) is 2.44. The van der Waals surface area contributed by atoms with Crippen LogP contribution in [0, 0.1) is 0 Å². The molecule has 0 spiro atoms. The van der Waals surface area contributed by atoms with Gasteiger partial charge in [-0.15, -0.1) is 0 Å². The number of nitrogens with one attached hydrogen (secondary N) is 1. The van der Waals surface area contributed by atoms with Gasteiger partial charge < -0.3 is 23.1 Å². The highest BCUT2D eigenvalue weighted by Crippen LogP contribution is 2.30. The molecule has 2 aromatic rings. The molecule has 1 saturated heterocycles. The van der Waals surface area contributed by atoms with Crippen molar-refractivity contribution in [2.75, 3.05) is 13.3 Å². The first-order chi connectivity index (χ1) is 20.8. The van der Waals surface area contributed by atoms with Crippen LogP contribution in [0.4, 0.5) is 14.4 Å². The van der Waals surface area contributed by atoms with Crippen molar-refractivity contribution in [3.05, 3.63) is 71.8 Å². The highest BCUT2D eigenvalue weighted by Gasteiger charge is 2.45. The van der Waals surface area contributed by atoms with Gasteiger partial charge in [0, 0.05) is 6.42 Å². The second-order valence-electron chi connectivity index (χ2n) is 12.5. The molecule has 0 aliphatic carbocycles. The summed E-state index contributed by atoms with van der Waals surface area (Å²) in [6.07, 6.45) is -2.75. The number of urea groups is 1. The predicted octanol–water partition coefficient (Wildman–Crippen LogP) is 5.49. The minimum absolute atomic E-state index is 0.00620. The SMILES string of the molecule is C[Si](C)(C)OCC1OC(N2CN(C(=O)OCc3ccccc3)C(NC(=O)OCc3ccccc3)=NC2=O)CC1O[Si](C)(C)C. The van der Waals surface area contributed by atoms with E-state index < -0.39 is 47.2 Å². The molecule has 4 amide bonds. The summed E-state index contributed by atoms with van der Waals surface area (Å²) in [4.78, 5) is 45.9. The van der Waals surface area contributed by atoms with Gasteiger partial charge in [-0.2, -0.15) is 4.99 Å². The molecule has 2 aliphatic rings. The maximum Gasteiger partial charge on any atom is 0.418 e. The number of carbonyl (C=O) groups excluding carboxylic acids is 3. The Bertz CT molecular complexity index is 1320. The zero-order valence-corrected chi connectivity index (χ0v) is 28.1. The summed E-state index contributed by atoms with van der Waals surface area (Å²) in [6, 6.07) is 17.6. The Morgan fingerprint density at radius 1 is 0.909 bits per heavy atom. The van der Waals surface area contributed by atoms with E-state index in [0.717, 1.165) is 16.0 Å². The lowest BCUT2D eigenvalue weighted by molar-refractivity contribution is -0.0668. The van der Waals surface area contributed by atoms with Crippen molar-refractivity contribution in [3.8, 4) is 0 Å². The number of aliphatic imine (C=N–C) groups is 1. The number of carbonyl (C=O) groups is 3. The molecule has 2 aromatic carbocycles. The summed E-state index contributed by atoms with van der Waals surface area (Å²) in [5.74, 6) is -0.297. The molecule has 3 unspecified atom stereocenters. The Labute approximate surface area is 260 Å². The van der Waals surface area contributed by atoms with E-state index in [1.165, 1.54) is 4.90 Å². The van der Waals surface area contributed by atoms with Crippen molar-refractivity contribution in [1.82, 2.24) is 15.1 Å². The van der Waals surface area contributed by atoms with Crippen LogP contribution in [0.25, 0.3) is 0 Å². The predicted molar refractivity (Wildman–Crippen MR) is 169 cm³/mol. The highest BCUT2D eigenvalue weighted by atomic mass is 28.4. The van der Waals surface area contributed by atoms with E-state index in [2.05, 4.69) is 49.6 Å². The zero-order valence-electron chi connectivity index (χ0n) is 26.1. The quantitative estimate of drug-likeness (QED) is 0.337. The van der Waals surface area contributed by atoms with E-state index >= 15 is 0 Å². The maximum absolute atomic E-state index is 13.4. The molecule has 4 rings (SSSR count). The van der Waals surface area contributed by atoms with Crippen LogP contribution in [0.5, 0.6) is 0 Å². The van der Waals surface area contributed by atoms with Gasteiger partial charge in [0.05, 0.1) is 12.7 Å². The molecule has 12 nitrogen and oxygen atoms in total. The number of hydrogen-bond donors (Lipinski definition) is 1. The summed E-state index contributed by atoms with van der Waals surface area (Å²) < 4.78 is 29.7. The molecular formula is C30H42N4O8Si2. The van der Waals surface area contributed by atoms with Crippen LogP contribution in [0.3, 0.4) is 0 Å². The van der Waals surface area contributed by atoms with Crippen molar-refractivity contribution in [1.29, 1.82) is 0 Å². The van der Waals surface area contributed by atoms with Crippen molar-refractivity contribution in [2.24, 2.45) is 4.99 Å². The Hall–Kier alpha value is -3.57. The molecule has 238 valence electrons. The Morgan fingerprint density at radius 3 is 2.07 bits per heavy atom. The van der Waals surface area contributed by atoms with Crippen LogP contribution < -0.4 is 5.32 Å². The molecule has 0 radical (unpaired) electrons. The zero-order chi connectivity index (χ0) is 31.9. The minimum Gasteiger partial charge on any atom is -0.444 e. The van der Waals surface area contributed by atoms with E-state index in [0.29, 0.717) is 13.0 Å². The number of hydrogen-bond acceptors (Lipinski definition) is 8.